The molecule has 0 amide bonds. The molecule has 0 aliphatic carbocycles. The minimum atomic E-state index is -0.776. The molecule has 1 heterocycles. The van der Waals surface area contributed by atoms with E-state index in [-0.39, 0.29) is 5.71 Å². The molecule has 0 fully saturated rings. The summed E-state index contributed by atoms with van der Waals surface area (Å²) in [7, 11) is 0. The van der Waals surface area contributed by atoms with Crippen LogP contribution in [0.1, 0.15) is 16.8 Å². The van der Waals surface area contributed by atoms with Crippen LogP contribution in [0.2, 0.25) is 0 Å². The van der Waals surface area contributed by atoms with Gasteiger partial charge >= 0.3 is 0 Å². The molecule has 0 radical (unpaired) electrons. The molecule has 2 rings (SSSR count). The SMILES string of the molecule is ON=C(c1ccccc1)C(Cl)c1nncn1Cl. The Hall–Kier alpha value is -1.59. The van der Waals surface area contributed by atoms with E-state index >= 15 is 0 Å². The Kier molecular flexibility index (Phi) is 3.61. The van der Waals surface area contributed by atoms with E-state index in [9.17, 15) is 0 Å². The minimum Gasteiger partial charge on any atom is -0.411 e. The number of nitrogens with zero attached hydrogens (tertiary/aromatic N) is 4. The Morgan fingerprint density at radius 2 is 2.06 bits per heavy atom. The van der Waals surface area contributed by atoms with Gasteiger partial charge in [-0.15, -0.1) is 21.8 Å². The lowest BCUT2D eigenvalue weighted by atomic mass is 10.1. The third kappa shape index (κ3) is 2.40. The van der Waals surface area contributed by atoms with E-state index in [2.05, 4.69) is 15.4 Å². The average molecular weight is 271 g/mol. The van der Waals surface area contributed by atoms with E-state index in [1.807, 2.05) is 18.2 Å². The van der Waals surface area contributed by atoms with Crippen molar-refractivity contribution < 1.29 is 5.21 Å². The summed E-state index contributed by atoms with van der Waals surface area (Å²) in [5.74, 6) is 0.296. The van der Waals surface area contributed by atoms with Crippen molar-refractivity contribution in [1.29, 1.82) is 0 Å². The van der Waals surface area contributed by atoms with Crippen molar-refractivity contribution >= 4 is 29.1 Å². The summed E-state index contributed by atoms with van der Waals surface area (Å²) >= 11 is 11.9. The van der Waals surface area contributed by atoms with E-state index in [0.29, 0.717) is 11.4 Å². The number of halogens is 2. The van der Waals surface area contributed by atoms with Gasteiger partial charge in [0.05, 0.1) is 0 Å². The van der Waals surface area contributed by atoms with E-state index in [1.54, 1.807) is 12.1 Å². The molecule has 17 heavy (non-hydrogen) atoms. The fraction of sp³-hybridized carbons (Fsp3) is 0.100. The summed E-state index contributed by atoms with van der Waals surface area (Å²) in [6.07, 6.45) is 1.31. The third-order valence-electron chi connectivity index (χ3n) is 2.18. The van der Waals surface area contributed by atoms with Crippen molar-refractivity contribution in [3.8, 4) is 0 Å². The molecule has 0 spiro atoms. The normalized spacial score (nSPS) is 13.6. The van der Waals surface area contributed by atoms with Gasteiger partial charge in [-0.25, -0.2) is 4.09 Å². The third-order valence-corrected chi connectivity index (χ3v) is 2.84. The molecule has 5 nitrogen and oxygen atoms in total. The summed E-state index contributed by atoms with van der Waals surface area (Å²) in [5, 5.41) is 18.8. The van der Waals surface area contributed by atoms with Gasteiger partial charge in [0.25, 0.3) is 0 Å². The molecule has 1 aromatic carbocycles. The van der Waals surface area contributed by atoms with Crippen LogP contribution in [0.25, 0.3) is 0 Å². The van der Waals surface area contributed by atoms with Gasteiger partial charge in [-0.05, 0) is 0 Å². The van der Waals surface area contributed by atoms with Crippen LogP contribution in [0, 0.1) is 0 Å². The van der Waals surface area contributed by atoms with Crippen molar-refractivity contribution in [3.05, 3.63) is 48.0 Å². The van der Waals surface area contributed by atoms with E-state index in [4.69, 9.17) is 28.6 Å². The van der Waals surface area contributed by atoms with Crippen LogP contribution in [-0.4, -0.2) is 25.2 Å². The average Bonchev–Trinajstić information content (AvgIpc) is 2.77. The monoisotopic (exact) mass is 270 g/mol. The molecule has 88 valence electrons. The maximum atomic E-state index is 9.04. The van der Waals surface area contributed by atoms with Crippen molar-refractivity contribution in [2.45, 2.75) is 5.38 Å². The van der Waals surface area contributed by atoms with E-state index in [0.717, 1.165) is 4.09 Å². The first kappa shape index (κ1) is 11.9. The van der Waals surface area contributed by atoms with Gasteiger partial charge in [-0.2, -0.15) is 0 Å². The van der Waals surface area contributed by atoms with Gasteiger partial charge in [0.1, 0.15) is 17.4 Å². The van der Waals surface area contributed by atoms with Crippen LogP contribution >= 0.6 is 23.4 Å². The predicted octanol–water partition coefficient (Wildman–Crippen LogP) is 2.44. The smallest absolute Gasteiger partial charge is 0.172 e. The second kappa shape index (κ2) is 5.16. The molecule has 1 N–H and O–H groups in total. The number of aromatic nitrogens is 3. The number of alkyl halides is 1. The largest absolute Gasteiger partial charge is 0.411 e. The highest BCUT2D eigenvalue weighted by Crippen LogP contribution is 2.24. The summed E-state index contributed by atoms with van der Waals surface area (Å²) in [6.45, 7) is 0. The lowest BCUT2D eigenvalue weighted by molar-refractivity contribution is 0.318. The molecule has 0 aliphatic rings. The Morgan fingerprint density at radius 3 is 2.59 bits per heavy atom. The number of hydrogen-bond donors (Lipinski definition) is 1. The van der Waals surface area contributed by atoms with Crippen LogP contribution < -0.4 is 0 Å². The molecular formula is C10H8Cl2N4O. The molecule has 0 aliphatic heterocycles. The van der Waals surface area contributed by atoms with E-state index in [1.165, 1.54) is 6.33 Å². The summed E-state index contributed by atoms with van der Waals surface area (Å²) < 4.78 is 1.16. The molecule has 1 unspecified atom stereocenters. The maximum Gasteiger partial charge on any atom is 0.172 e. The fourth-order valence-electron chi connectivity index (χ4n) is 1.38. The summed E-state index contributed by atoms with van der Waals surface area (Å²) in [4.78, 5) is 0. The van der Waals surface area contributed by atoms with Crippen LogP contribution in [0.3, 0.4) is 0 Å². The fourth-order valence-corrected chi connectivity index (χ4v) is 1.92. The van der Waals surface area contributed by atoms with Gasteiger partial charge in [0.15, 0.2) is 5.82 Å². The molecule has 0 saturated carbocycles. The van der Waals surface area contributed by atoms with Gasteiger partial charge in [-0.3, -0.25) is 0 Å². The quantitative estimate of drug-likeness (QED) is 0.403. The lowest BCUT2D eigenvalue weighted by Crippen LogP contribution is -2.12. The minimum absolute atomic E-state index is 0.266. The van der Waals surface area contributed by atoms with Crippen molar-refractivity contribution in [2.24, 2.45) is 5.16 Å². The molecule has 0 bridgehead atoms. The zero-order valence-electron chi connectivity index (χ0n) is 8.53. The van der Waals surface area contributed by atoms with Gasteiger partial charge in [-0.1, -0.05) is 35.5 Å². The maximum absolute atomic E-state index is 9.04. The zero-order valence-corrected chi connectivity index (χ0v) is 10.0. The van der Waals surface area contributed by atoms with Gasteiger partial charge < -0.3 is 5.21 Å². The number of benzene rings is 1. The highest BCUT2D eigenvalue weighted by atomic mass is 35.5. The van der Waals surface area contributed by atoms with Crippen molar-refractivity contribution in [2.75, 3.05) is 0 Å². The Balaban J connectivity index is 2.36. The van der Waals surface area contributed by atoms with Crippen LogP contribution in [0.15, 0.2) is 41.8 Å². The Labute approximate surface area is 107 Å². The summed E-state index contributed by atoms with van der Waals surface area (Å²) in [6, 6.07) is 9.04. The molecule has 2 aromatic rings. The second-order valence-corrected chi connectivity index (χ2v) is 4.01. The molecular weight excluding hydrogens is 263 g/mol. The number of hydrogen-bond acceptors (Lipinski definition) is 4. The first-order valence-electron chi connectivity index (χ1n) is 4.71. The second-order valence-electron chi connectivity index (χ2n) is 3.21. The van der Waals surface area contributed by atoms with Crippen LogP contribution in [-0.2, 0) is 0 Å². The van der Waals surface area contributed by atoms with Gasteiger partial charge in [0.2, 0.25) is 0 Å². The molecule has 7 heteroatoms. The van der Waals surface area contributed by atoms with Crippen molar-refractivity contribution in [1.82, 2.24) is 14.3 Å². The zero-order chi connectivity index (χ0) is 12.3. The van der Waals surface area contributed by atoms with Crippen molar-refractivity contribution in [3.63, 3.8) is 0 Å². The number of oxime groups is 1. The Morgan fingerprint density at radius 1 is 1.35 bits per heavy atom. The molecule has 1 atom stereocenters. The van der Waals surface area contributed by atoms with Crippen LogP contribution in [0.4, 0.5) is 0 Å². The predicted molar refractivity (Wildman–Crippen MR) is 64.6 cm³/mol. The highest BCUT2D eigenvalue weighted by Gasteiger charge is 2.23. The Bertz CT molecular complexity index is 526. The van der Waals surface area contributed by atoms with E-state index < -0.39 is 5.38 Å². The highest BCUT2D eigenvalue weighted by molar-refractivity contribution is 6.35. The number of rotatable bonds is 3. The van der Waals surface area contributed by atoms with Crippen LogP contribution in [0.5, 0.6) is 0 Å². The first-order chi connectivity index (χ1) is 8.24. The first-order valence-corrected chi connectivity index (χ1v) is 5.49. The summed E-state index contributed by atoms with van der Waals surface area (Å²) in [5.41, 5.74) is 0.955. The molecule has 1 aromatic heterocycles. The molecule has 0 saturated heterocycles. The lowest BCUT2D eigenvalue weighted by Gasteiger charge is -2.09. The topological polar surface area (TPSA) is 63.3 Å². The van der Waals surface area contributed by atoms with Gasteiger partial charge in [0, 0.05) is 17.3 Å². The standard InChI is InChI=1S/C10H8Cl2N4O/c11-8(10-14-13-6-16(10)12)9(15-17)7-4-2-1-3-5-7/h1-6,8,17H.